The molecule has 0 radical (unpaired) electrons. The Kier molecular flexibility index (Phi) is 28.9. The van der Waals surface area contributed by atoms with E-state index in [4.69, 9.17) is 21.1 Å². The second-order valence-electron chi connectivity index (χ2n) is 40.6. The topological polar surface area (TPSA) is 230 Å². The molecule has 12 heterocycles. The molecule has 24 nitrogen and oxygen atoms in total. The van der Waals surface area contributed by atoms with Crippen LogP contribution in [0.5, 0.6) is 11.5 Å². The highest BCUT2D eigenvalue weighted by Gasteiger charge is 2.62. The quantitative estimate of drug-likeness (QED) is 0.0720. The summed E-state index contributed by atoms with van der Waals surface area (Å²) in [6.45, 7) is 20.8. The van der Waals surface area contributed by atoms with Gasteiger partial charge in [-0.25, -0.2) is 13.6 Å². The third-order valence-electron chi connectivity index (χ3n) is 29.7. The third kappa shape index (κ3) is 19.9. The van der Waals surface area contributed by atoms with Crippen LogP contribution < -0.4 is 9.47 Å². The van der Waals surface area contributed by atoms with Gasteiger partial charge in [-0.1, -0.05) is 35.9 Å². The first-order valence-electron chi connectivity index (χ1n) is 46.9. The van der Waals surface area contributed by atoms with Crippen molar-refractivity contribution in [2.24, 2.45) is 0 Å². The van der Waals surface area contributed by atoms with Gasteiger partial charge in [0.2, 0.25) is 0 Å². The molecule has 17 rings (SSSR count). The van der Waals surface area contributed by atoms with Gasteiger partial charge in [0.1, 0.15) is 23.0 Å². The van der Waals surface area contributed by atoms with Crippen LogP contribution in [0.1, 0.15) is 244 Å². The lowest BCUT2D eigenvalue weighted by Crippen LogP contribution is -2.61. The molecule has 3 N–H and O–H groups in total. The van der Waals surface area contributed by atoms with E-state index in [1.54, 1.807) is 97.9 Å². The molecular formula is C101H127ClF13N13O11. The van der Waals surface area contributed by atoms with Crippen molar-refractivity contribution in [1.29, 1.82) is 0 Å². The minimum Gasteiger partial charge on any atom is -0.493 e. The first kappa shape index (κ1) is 104. The zero-order valence-electron chi connectivity index (χ0n) is 80.9. The minimum atomic E-state index is -5.70. The van der Waals surface area contributed by atoms with Crippen LogP contribution in [0.3, 0.4) is 0 Å². The number of Topliss-reactive ketones (excluding diaryl/α,β-unsaturated/α-hetero) is 1. The van der Waals surface area contributed by atoms with E-state index in [1.807, 2.05) is 44.0 Å². The number of benzene rings is 4. The van der Waals surface area contributed by atoms with Crippen molar-refractivity contribution in [3.8, 4) is 11.5 Å². The fourth-order valence-corrected chi connectivity index (χ4v) is 22.6. The van der Waals surface area contributed by atoms with Crippen molar-refractivity contribution in [3.63, 3.8) is 0 Å². The van der Waals surface area contributed by atoms with E-state index < -0.39 is 92.5 Å². The molecule has 9 aliphatic rings. The number of nitrogens with zero attached hydrogens (tertiary/aromatic N) is 13. The Hall–Kier alpha value is -10.4. The molecule has 4 saturated heterocycles. The number of hydrogen-bond donors (Lipinski definition) is 3. The van der Waals surface area contributed by atoms with Gasteiger partial charge in [-0.2, -0.15) is 48.3 Å². The van der Waals surface area contributed by atoms with Gasteiger partial charge in [-0.3, -0.25) is 38.7 Å². The number of alkyl halides is 11. The molecule has 4 aromatic heterocycles. The SMILES string of the molecule is CC(=O)c1ccc2n1C(C)(C)CN(C)C21CCN(C(=O)c2ccc(C(C)(C)O)c(F)c2)CC1.CN1CCn2c(C(F)(F)F)cc(Cl)c2C12CCN(C(=O)c1ccc(C3(O)CCC3)cc1)CC2.CN1CCn2c(ccc2C(F)(F)C(F)(F)F)C12CCN(C(=O)c1ccc(CC(C)(C)O)c(F)c1)CC2.COc1cc(C(=O)N2CCC3(CC2)c2ccc(C(F)(F)F)n2CCN3C(=O)N(C)C)ccc1OC(C)C.[HH].[HH]. The molecule has 139 heavy (non-hydrogen) atoms. The maximum absolute atomic E-state index is 14.6. The molecule has 1 aliphatic carbocycles. The molecule has 4 aromatic carbocycles. The number of piperidine rings is 4. The summed E-state index contributed by atoms with van der Waals surface area (Å²) in [5, 5.41) is 30.7. The number of ketones is 1. The maximum Gasteiger partial charge on any atom is 0.459 e. The lowest BCUT2D eigenvalue weighted by molar-refractivity contribution is -0.292. The number of carbonyl (C=O) groups excluding carboxylic acids is 6. The van der Waals surface area contributed by atoms with Gasteiger partial charge in [0, 0.05) is 173 Å². The van der Waals surface area contributed by atoms with Gasteiger partial charge in [-0.05, 0) is 255 Å². The van der Waals surface area contributed by atoms with Crippen molar-refractivity contribution in [1.82, 2.24) is 62.4 Å². The number of methoxy groups -OCH3 is 1. The number of carbonyl (C=O) groups is 6. The number of fused-ring (bicyclic) bond motifs is 8. The Balaban J connectivity index is 0.000000167. The summed E-state index contributed by atoms with van der Waals surface area (Å²) in [6, 6.07) is 30.1. The molecule has 38 heteroatoms. The first-order valence-corrected chi connectivity index (χ1v) is 47.3. The van der Waals surface area contributed by atoms with Gasteiger partial charge in [0.25, 0.3) is 23.6 Å². The number of likely N-dealkylation sites (N-methyl/N-ethyl adjacent to an activating group) is 3. The maximum atomic E-state index is 14.6. The number of ether oxygens (including phenoxy) is 2. The normalized spacial score (nSPS) is 19.5. The molecule has 5 fully saturated rings. The lowest BCUT2D eigenvalue weighted by Gasteiger charge is -2.55. The Morgan fingerprint density at radius 3 is 1.40 bits per heavy atom. The van der Waals surface area contributed by atoms with Crippen LogP contribution in [0.2, 0.25) is 5.02 Å². The summed E-state index contributed by atoms with van der Waals surface area (Å²) >= 11 is 6.37. The van der Waals surface area contributed by atoms with Gasteiger partial charge < -0.3 is 72.5 Å². The summed E-state index contributed by atoms with van der Waals surface area (Å²) in [5.41, 5.74) is -2.61. The number of hydrogen-bond acceptors (Lipinski definition) is 14. The number of amides is 6. The molecule has 0 atom stereocenters. The number of halogens is 14. The van der Waals surface area contributed by atoms with Gasteiger partial charge in [0.15, 0.2) is 17.3 Å². The summed E-state index contributed by atoms with van der Waals surface area (Å²) in [5.74, 6) is -6.02. The molecule has 8 aromatic rings. The highest BCUT2D eigenvalue weighted by Crippen LogP contribution is 2.54. The van der Waals surface area contributed by atoms with Crippen LogP contribution in [-0.2, 0) is 83.2 Å². The zero-order chi connectivity index (χ0) is 102. The Bertz CT molecular complexity index is 5920. The molecule has 0 unspecified atom stereocenters. The van der Waals surface area contributed by atoms with Crippen molar-refractivity contribution in [2.75, 3.05) is 121 Å². The number of urea groups is 1. The molecule has 8 aliphatic heterocycles. The number of aliphatic hydroxyl groups is 3. The molecule has 1 saturated carbocycles. The molecule has 6 amide bonds. The van der Waals surface area contributed by atoms with E-state index in [-0.39, 0.29) is 142 Å². The van der Waals surface area contributed by atoms with Crippen molar-refractivity contribution >= 4 is 47.0 Å². The summed E-state index contributed by atoms with van der Waals surface area (Å²) < 4.78 is 195. The summed E-state index contributed by atoms with van der Waals surface area (Å²) in [6.07, 6.45) is -8.37. The minimum absolute atomic E-state index is 0. The Morgan fingerprint density at radius 1 is 0.489 bits per heavy atom. The fraction of sp³-hybridized carbons (Fsp3) is 0.545. The van der Waals surface area contributed by atoms with Crippen LogP contribution in [0.25, 0.3) is 0 Å². The highest BCUT2D eigenvalue weighted by molar-refractivity contribution is 6.31. The number of aromatic nitrogens is 4. The number of rotatable bonds is 13. The van der Waals surface area contributed by atoms with Crippen LogP contribution in [0.4, 0.5) is 61.9 Å². The Labute approximate surface area is 808 Å². The fourth-order valence-electron chi connectivity index (χ4n) is 22.2. The lowest BCUT2D eigenvalue weighted by atomic mass is 9.75. The van der Waals surface area contributed by atoms with E-state index in [0.717, 1.165) is 84.4 Å². The standard InChI is InChI=1S/C26H33F3N4O4.C26H34FN3O3.C25H29F6N3O2.C24H27ClF3N3O2.2H2/c1-17(2)37-19-7-6-18(16-20(19)36-5)23(34)31-12-10-25(11-13-31)21-8-9-22(26(27,28)29)32(21)14-15-33(25)24(35)30(3)4;1-17(31)21-9-10-22-26(28(6)16-24(2,3)30(21)22)11-13-29(14-12-26)23(32)18-7-8-19(20(27)15-18)25(4,5)33;1-22(2,36)15-17-5-4-16(14-18(17)26)21(35)33-10-8-23(9-11-33)19-6-7-20(24(27,28)25(29,30)31)34(19)13-12-32(23)3;1-29-13-14-31-19(24(26,27)28)15-18(25)20(31)22(29)9-11-30(12-10-22)21(32)16-3-5-17(6-4-16)23(33)7-2-8-23;;/h6-9,16-17H,10-15H2,1-5H3;7-10,15,33H,11-14,16H2,1-6H3;4-7,14,36H,8-13,15H2,1-3H3;3-6,15,33H,2,7-14H2,1H3;2*1H. The Morgan fingerprint density at radius 2 is 0.928 bits per heavy atom. The van der Waals surface area contributed by atoms with Crippen LogP contribution in [0.15, 0.2) is 121 Å². The second kappa shape index (κ2) is 38.4. The van der Waals surface area contributed by atoms with Crippen LogP contribution in [-0.4, -0.2) is 252 Å². The summed E-state index contributed by atoms with van der Waals surface area (Å²) in [4.78, 5) is 94.4. The molecule has 0 bridgehead atoms. The smallest absolute Gasteiger partial charge is 0.459 e. The predicted octanol–water partition coefficient (Wildman–Crippen LogP) is 18.1. The summed E-state index contributed by atoms with van der Waals surface area (Å²) in [7, 11) is 10.6. The van der Waals surface area contributed by atoms with Gasteiger partial charge >= 0.3 is 30.5 Å². The molecule has 4 spiro atoms. The highest BCUT2D eigenvalue weighted by atomic mass is 35.5. The van der Waals surface area contributed by atoms with Crippen LogP contribution >= 0.6 is 11.6 Å². The molecule has 760 valence electrons. The van der Waals surface area contributed by atoms with E-state index >= 15 is 0 Å². The largest absolute Gasteiger partial charge is 0.493 e. The van der Waals surface area contributed by atoms with Gasteiger partial charge in [0.05, 0.1) is 79.8 Å². The third-order valence-corrected chi connectivity index (χ3v) is 30.0. The van der Waals surface area contributed by atoms with Crippen molar-refractivity contribution in [3.05, 3.63) is 222 Å². The average molecular weight is 1980 g/mol. The van der Waals surface area contributed by atoms with Crippen molar-refractivity contribution in [2.45, 2.75) is 234 Å². The van der Waals surface area contributed by atoms with E-state index in [9.17, 15) is 101 Å². The molecular weight excluding hydrogens is 1850 g/mol. The monoisotopic (exact) mass is 1980 g/mol. The first-order chi connectivity index (χ1) is 64.8. The second-order valence-corrected chi connectivity index (χ2v) is 41.0. The van der Waals surface area contributed by atoms with E-state index in [1.165, 1.54) is 76.3 Å². The predicted molar refractivity (Wildman–Crippen MR) is 498 cm³/mol. The van der Waals surface area contributed by atoms with E-state index in [2.05, 4.69) is 41.3 Å². The van der Waals surface area contributed by atoms with Crippen LogP contribution in [0, 0.1) is 11.6 Å². The van der Waals surface area contributed by atoms with Crippen molar-refractivity contribution < 1.29 is 113 Å². The number of likely N-dealkylation sites (tertiary alicyclic amines) is 4. The zero-order valence-corrected chi connectivity index (χ0v) is 81.7. The van der Waals surface area contributed by atoms with Gasteiger partial charge in [-0.15, -0.1) is 0 Å². The van der Waals surface area contributed by atoms with E-state index in [0.29, 0.717) is 111 Å². The average Bonchev–Trinajstić information content (AvgIpc) is 1.69.